The van der Waals surface area contributed by atoms with E-state index in [1.807, 2.05) is 36.3 Å². The molecule has 0 saturated carbocycles. The Kier molecular flexibility index (Phi) is 3.41. The summed E-state index contributed by atoms with van der Waals surface area (Å²) in [6.45, 7) is 2.17. The molecule has 0 fully saturated rings. The zero-order chi connectivity index (χ0) is 11.5. The quantitative estimate of drug-likeness (QED) is 0.881. The molecule has 16 heavy (non-hydrogen) atoms. The normalized spacial score (nSPS) is 12.9. The zero-order valence-electron chi connectivity index (χ0n) is 9.90. The van der Waals surface area contributed by atoms with Gasteiger partial charge in [0.1, 0.15) is 0 Å². The van der Waals surface area contributed by atoms with Crippen LogP contribution in [0.2, 0.25) is 0 Å². The summed E-state index contributed by atoms with van der Waals surface area (Å²) in [6, 6.07) is 2.57. The number of hydrogen-bond donors (Lipinski definition) is 1. The number of aryl methyl sites for hydroxylation is 2. The minimum atomic E-state index is 0.393. The van der Waals surface area contributed by atoms with Crippen molar-refractivity contribution < 1.29 is 0 Å². The molecule has 0 bridgehead atoms. The van der Waals surface area contributed by atoms with E-state index in [4.69, 9.17) is 0 Å². The fourth-order valence-corrected chi connectivity index (χ4v) is 2.92. The van der Waals surface area contributed by atoms with E-state index in [9.17, 15) is 0 Å². The predicted octanol–water partition coefficient (Wildman–Crippen LogP) is 2.29. The second-order valence-corrected chi connectivity index (χ2v) is 4.98. The molecule has 86 valence electrons. The Bertz CT molecular complexity index is 458. The molecule has 2 aromatic heterocycles. The smallest absolute Gasteiger partial charge is 0.0522 e. The molecule has 4 heteroatoms. The summed E-state index contributed by atoms with van der Waals surface area (Å²) < 4.78 is 1.85. The highest BCUT2D eigenvalue weighted by molar-refractivity contribution is 7.10. The average molecular weight is 235 g/mol. The number of hydrogen-bond acceptors (Lipinski definition) is 3. The van der Waals surface area contributed by atoms with Gasteiger partial charge in [0.05, 0.1) is 6.20 Å². The van der Waals surface area contributed by atoms with Crippen molar-refractivity contribution in [3.05, 3.63) is 39.8 Å². The van der Waals surface area contributed by atoms with Crippen LogP contribution in [0, 0.1) is 6.92 Å². The highest BCUT2D eigenvalue weighted by Gasteiger charge is 2.14. The summed E-state index contributed by atoms with van der Waals surface area (Å²) in [5, 5.41) is 9.73. The van der Waals surface area contributed by atoms with Crippen LogP contribution < -0.4 is 5.32 Å². The Morgan fingerprint density at radius 1 is 1.56 bits per heavy atom. The number of nitrogens with zero attached hydrogens (tertiary/aromatic N) is 2. The topological polar surface area (TPSA) is 29.9 Å². The lowest BCUT2D eigenvalue weighted by atomic mass is 10.1. The van der Waals surface area contributed by atoms with E-state index in [0.29, 0.717) is 6.04 Å². The molecule has 2 rings (SSSR count). The summed E-state index contributed by atoms with van der Waals surface area (Å²) in [6.07, 6.45) is 5.01. The van der Waals surface area contributed by atoms with Crippen molar-refractivity contribution in [3.8, 4) is 0 Å². The molecule has 0 amide bonds. The van der Waals surface area contributed by atoms with Crippen LogP contribution >= 0.6 is 11.3 Å². The molecule has 2 aromatic rings. The minimum absolute atomic E-state index is 0.393. The van der Waals surface area contributed by atoms with Crippen molar-refractivity contribution in [2.24, 2.45) is 7.05 Å². The maximum atomic E-state index is 4.20. The summed E-state index contributed by atoms with van der Waals surface area (Å²) in [5.41, 5.74) is 2.64. The second kappa shape index (κ2) is 4.80. The largest absolute Gasteiger partial charge is 0.312 e. The first-order chi connectivity index (χ1) is 7.70. The van der Waals surface area contributed by atoms with Gasteiger partial charge in [0, 0.05) is 24.2 Å². The molecule has 0 aliphatic carbocycles. The van der Waals surface area contributed by atoms with Crippen molar-refractivity contribution in [1.29, 1.82) is 0 Å². The van der Waals surface area contributed by atoms with Crippen molar-refractivity contribution >= 4 is 11.3 Å². The van der Waals surface area contributed by atoms with Crippen LogP contribution in [0.4, 0.5) is 0 Å². The molecule has 0 spiro atoms. The van der Waals surface area contributed by atoms with Crippen LogP contribution in [0.3, 0.4) is 0 Å². The molecule has 1 atom stereocenters. The van der Waals surface area contributed by atoms with Gasteiger partial charge in [-0.05, 0) is 43.0 Å². The monoisotopic (exact) mass is 235 g/mol. The molecule has 0 radical (unpaired) electrons. The average Bonchev–Trinajstić information content (AvgIpc) is 2.84. The van der Waals surface area contributed by atoms with Gasteiger partial charge in [-0.3, -0.25) is 4.68 Å². The first-order valence-corrected chi connectivity index (χ1v) is 6.27. The molecule has 0 aliphatic heterocycles. The first-order valence-electron chi connectivity index (χ1n) is 5.39. The van der Waals surface area contributed by atoms with Gasteiger partial charge in [-0.1, -0.05) is 0 Å². The van der Waals surface area contributed by atoms with Gasteiger partial charge in [0.25, 0.3) is 0 Å². The molecule has 3 nitrogen and oxygen atoms in total. The van der Waals surface area contributed by atoms with Crippen LogP contribution in [0.15, 0.2) is 23.8 Å². The van der Waals surface area contributed by atoms with Gasteiger partial charge in [-0.25, -0.2) is 0 Å². The van der Waals surface area contributed by atoms with E-state index in [0.717, 1.165) is 6.42 Å². The van der Waals surface area contributed by atoms with E-state index in [1.54, 1.807) is 0 Å². The van der Waals surface area contributed by atoms with Crippen molar-refractivity contribution in [1.82, 2.24) is 15.1 Å². The van der Waals surface area contributed by atoms with E-state index in [1.165, 1.54) is 16.0 Å². The van der Waals surface area contributed by atoms with E-state index >= 15 is 0 Å². The van der Waals surface area contributed by atoms with E-state index in [2.05, 4.69) is 35.0 Å². The first kappa shape index (κ1) is 11.4. The van der Waals surface area contributed by atoms with Gasteiger partial charge < -0.3 is 5.32 Å². The van der Waals surface area contributed by atoms with Crippen LogP contribution in [0.5, 0.6) is 0 Å². The maximum absolute atomic E-state index is 4.20. The molecular formula is C12H17N3S. The molecule has 0 aromatic carbocycles. The van der Waals surface area contributed by atoms with Crippen LogP contribution in [-0.2, 0) is 13.5 Å². The van der Waals surface area contributed by atoms with Crippen molar-refractivity contribution in [2.75, 3.05) is 7.05 Å². The fraction of sp³-hybridized carbons (Fsp3) is 0.417. The van der Waals surface area contributed by atoms with Crippen molar-refractivity contribution in [2.45, 2.75) is 19.4 Å². The van der Waals surface area contributed by atoms with Crippen LogP contribution in [0.1, 0.15) is 22.0 Å². The highest BCUT2D eigenvalue weighted by Crippen LogP contribution is 2.26. The minimum Gasteiger partial charge on any atom is -0.312 e. The van der Waals surface area contributed by atoms with Crippen LogP contribution in [0.25, 0.3) is 0 Å². The lowest BCUT2D eigenvalue weighted by Crippen LogP contribution is -2.18. The number of rotatable bonds is 4. The molecule has 1 N–H and O–H groups in total. The Morgan fingerprint density at radius 3 is 2.88 bits per heavy atom. The molecule has 2 heterocycles. The van der Waals surface area contributed by atoms with Gasteiger partial charge in [0.2, 0.25) is 0 Å². The van der Waals surface area contributed by atoms with Gasteiger partial charge in [0.15, 0.2) is 0 Å². The van der Waals surface area contributed by atoms with Gasteiger partial charge in [-0.15, -0.1) is 11.3 Å². The molecule has 0 saturated heterocycles. The Labute approximate surface area is 100 Å². The van der Waals surface area contributed by atoms with Gasteiger partial charge >= 0.3 is 0 Å². The summed E-state index contributed by atoms with van der Waals surface area (Å²) in [4.78, 5) is 1.42. The Hall–Kier alpha value is -1.13. The third kappa shape index (κ3) is 2.33. The van der Waals surface area contributed by atoms with Crippen molar-refractivity contribution in [3.63, 3.8) is 0 Å². The third-order valence-corrected chi connectivity index (χ3v) is 3.90. The predicted molar refractivity (Wildman–Crippen MR) is 67.8 cm³/mol. The highest BCUT2D eigenvalue weighted by atomic mass is 32.1. The number of aromatic nitrogens is 2. The standard InChI is InChI=1S/C12H17N3S/c1-9-4-5-16-12(9)11(13-2)6-10-7-14-15(3)8-10/h4-5,7-8,11,13H,6H2,1-3H3. The lowest BCUT2D eigenvalue weighted by molar-refractivity contribution is 0.599. The summed E-state index contributed by atoms with van der Waals surface area (Å²) in [7, 11) is 3.97. The van der Waals surface area contributed by atoms with E-state index < -0.39 is 0 Å². The zero-order valence-corrected chi connectivity index (χ0v) is 10.7. The third-order valence-electron chi connectivity index (χ3n) is 2.76. The number of thiophene rings is 1. The fourth-order valence-electron chi connectivity index (χ4n) is 1.88. The molecule has 0 aliphatic rings. The number of nitrogens with one attached hydrogen (secondary N) is 1. The Morgan fingerprint density at radius 2 is 2.38 bits per heavy atom. The second-order valence-electron chi connectivity index (χ2n) is 4.04. The molecule has 1 unspecified atom stereocenters. The Balaban J connectivity index is 2.15. The van der Waals surface area contributed by atoms with Gasteiger partial charge in [-0.2, -0.15) is 5.10 Å². The SMILES string of the molecule is CNC(Cc1cnn(C)c1)c1sccc1C. The summed E-state index contributed by atoms with van der Waals surface area (Å²) in [5.74, 6) is 0. The summed E-state index contributed by atoms with van der Waals surface area (Å²) >= 11 is 1.82. The lowest BCUT2D eigenvalue weighted by Gasteiger charge is -2.14. The van der Waals surface area contributed by atoms with E-state index in [-0.39, 0.29) is 0 Å². The maximum Gasteiger partial charge on any atom is 0.0522 e. The number of likely N-dealkylation sites (N-methyl/N-ethyl adjacent to an activating group) is 1. The van der Waals surface area contributed by atoms with Crippen LogP contribution in [-0.4, -0.2) is 16.8 Å². The molecular weight excluding hydrogens is 218 g/mol.